The number of hydrogen-bond acceptors (Lipinski definition) is 2. The highest BCUT2D eigenvalue weighted by molar-refractivity contribution is 4.89. The van der Waals surface area contributed by atoms with Gasteiger partial charge in [-0.25, -0.2) is 0 Å². The van der Waals surface area contributed by atoms with Crippen LogP contribution in [-0.2, 0) is 0 Å². The molecule has 2 nitrogen and oxygen atoms in total. The highest BCUT2D eigenvalue weighted by atomic mass is 16.3. The van der Waals surface area contributed by atoms with Gasteiger partial charge in [-0.1, -0.05) is 20.8 Å². The zero-order valence-electron chi connectivity index (χ0n) is 9.66. The molecular weight excluding hydrogens is 176 g/mol. The Morgan fingerprint density at radius 1 is 1.36 bits per heavy atom. The van der Waals surface area contributed by atoms with Crippen LogP contribution in [0.2, 0.25) is 0 Å². The van der Waals surface area contributed by atoms with Crippen LogP contribution in [0.3, 0.4) is 0 Å². The van der Waals surface area contributed by atoms with E-state index in [-0.39, 0.29) is 24.5 Å². The van der Waals surface area contributed by atoms with E-state index in [0.717, 1.165) is 18.8 Å². The molecule has 1 aliphatic carbocycles. The van der Waals surface area contributed by atoms with Crippen molar-refractivity contribution in [3.8, 4) is 0 Å². The summed E-state index contributed by atoms with van der Waals surface area (Å²) in [5.74, 6) is 1.72. The van der Waals surface area contributed by atoms with E-state index in [0.29, 0.717) is 5.92 Å². The summed E-state index contributed by atoms with van der Waals surface area (Å²) in [7, 11) is 0. The first-order valence-electron chi connectivity index (χ1n) is 5.75. The summed E-state index contributed by atoms with van der Waals surface area (Å²) in [5.41, 5.74) is -0.0415. The minimum Gasteiger partial charge on any atom is -0.396 e. The Bertz CT molecular complexity index is 179. The van der Waals surface area contributed by atoms with Crippen molar-refractivity contribution in [3.05, 3.63) is 0 Å². The first kappa shape index (κ1) is 12.0. The first-order chi connectivity index (χ1) is 6.53. The predicted molar refractivity (Wildman–Crippen MR) is 57.9 cm³/mol. The minimum absolute atomic E-state index is 0.0415. The van der Waals surface area contributed by atoms with Gasteiger partial charge < -0.3 is 10.2 Å². The monoisotopic (exact) mass is 200 g/mol. The fraction of sp³-hybridized carbons (Fsp3) is 1.00. The number of rotatable bonds is 3. The molecule has 2 heteroatoms. The third-order valence-electron chi connectivity index (χ3n) is 4.18. The predicted octanol–water partition coefficient (Wildman–Crippen LogP) is 2.05. The van der Waals surface area contributed by atoms with Crippen LogP contribution in [0.1, 0.15) is 40.0 Å². The molecule has 0 aromatic heterocycles. The lowest BCUT2D eigenvalue weighted by Gasteiger charge is -2.43. The summed E-state index contributed by atoms with van der Waals surface area (Å²) >= 11 is 0. The van der Waals surface area contributed by atoms with Crippen LogP contribution < -0.4 is 0 Å². The summed E-state index contributed by atoms with van der Waals surface area (Å²) in [6, 6.07) is 0. The number of aliphatic hydroxyl groups excluding tert-OH is 2. The molecule has 0 spiro atoms. The molecule has 0 aromatic carbocycles. The summed E-state index contributed by atoms with van der Waals surface area (Å²) in [6.45, 7) is 7.04. The lowest BCUT2D eigenvalue weighted by Crippen LogP contribution is -2.40. The Hall–Kier alpha value is -0.0800. The Morgan fingerprint density at radius 2 is 2.00 bits per heavy atom. The van der Waals surface area contributed by atoms with E-state index in [1.165, 1.54) is 6.42 Å². The molecule has 3 unspecified atom stereocenters. The summed E-state index contributed by atoms with van der Waals surface area (Å²) in [5, 5.41) is 18.7. The van der Waals surface area contributed by atoms with Crippen molar-refractivity contribution in [2.24, 2.45) is 23.2 Å². The average Bonchev–Trinajstić information content (AvgIpc) is 2.18. The Kier molecular flexibility index (Phi) is 3.96. The van der Waals surface area contributed by atoms with E-state index >= 15 is 0 Å². The van der Waals surface area contributed by atoms with E-state index in [2.05, 4.69) is 20.8 Å². The van der Waals surface area contributed by atoms with Crippen molar-refractivity contribution in [3.63, 3.8) is 0 Å². The summed E-state index contributed by atoms with van der Waals surface area (Å²) < 4.78 is 0. The van der Waals surface area contributed by atoms with Crippen molar-refractivity contribution in [1.82, 2.24) is 0 Å². The molecule has 0 aromatic rings. The Balaban J connectivity index is 2.64. The number of aliphatic hydroxyl groups is 2. The van der Waals surface area contributed by atoms with Crippen LogP contribution >= 0.6 is 0 Å². The van der Waals surface area contributed by atoms with Crippen LogP contribution in [0.4, 0.5) is 0 Å². The van der Waals surface area contributed by atoms with Crippen LogP contribution in [0.25, 0.3) is 0 Å². The summed E-state index contributed by atoms with van der Waals surface area (Å²) in [4.78, 5) is 0. The minimum atomic E-state index is -0.0415. The largest absolute Gasteiger partial charge is 0.396 e. The van der Waals surface area contributed by atoms with Gasteiger partial charge in [0.2, 0.25) is 0 Å². The first-order valence-corrected chi connectivity index (χ1v) is 5.75. The molecule has 14 heavy (non-hydrogen) atoms. The second kappa shape index (κ2) is 4.63. The van der Waals surface area contributed by atoms with Gasteiger partial charge in [-0.3, -0.25) is 0 Å². The maximum absolute atomic E-state index is 9.37. The standard InChI is InChI=1S/C12H24O2/c1-9(2)10-4-5-12(3,8-14)11(6-10)7-13/h9-11,13-14H,4-8H2,1-3H3. The molecular formula is C12H24O2. The lowest BCUT2D eigenvalue weighted by molar-refractivity contribution is -0.0168. The normalized spacial score (nSPS) is 39.0. The van der Waals surface area contributed by atoms with Crippen molar-refractivity contribution < 1.29 is 10.2 Å². The maximum Gasteiger partial charge on any atom is 0.0488 e. The Labute approximate surface area is 87.3 Å². The van der Waals surface area contributed by atoms with E-state index < -0.39 is 0 Å². The van der Waals surface area contributed by atoms with E-state index in [9.17, 15) is 10.2 Å². The zero-order chi connectivity index (χ0) is 10.8. The van der Waals surface area contributed by atoms with Crippen LogP contribution in [-0.4, -0.2) is 23.4 Å². The van der Waals surface area contributed by atoms with Gasteiger partial charge in [-0.2, -0.15) is 0 Å². The fourth-order valence-corrected chi connectivity index (χ4v) is 2.60. The van der Waals surface area contributed by atoms with Gasteiger partial charge in [-0.05, 0) is 42.4 Å². The van der Waals surface area contributed by atoms with Crippen molar-refractivity contribution in [2.45, 2.75) is 40.0 Å². The van der Waals surface area contributed by atoms with E-state index in [4.69, 9.17) is 0 Å². The van der Waals surface area contributed by atoms with Gasteiger partial charge in [0.15, 0.2) is 0 Å². The quantitative estimate of drug-likeness (QED) is 0.732. The van der Waals surface area contributed by atoms with E-state index in [1.807, 2.05) is 0 Å². The zero-order valence-corrected chi connectivity index (χ0v) is 9.66. The second-order valence-corrected chi connectivity index (χ2v) is 5.47. The maximum atomic E-state index is 9.37. The second-order valence-electron chi connectivity index (χ2n) is 5.47. The van der Waals surface area contributed by atoms with E-state index in [1.54, 1.807) is 0 Å². The van der Waals surface area contributed by atoms with Crippen LogP contribution in [0, 0.1) is 23.2 Å². The molecule has 1 saturated carbocycles. The van der Waals surface area contributed by atoms with Gasteiger partial charge in [-0.15, -0.1) is 0 Å². The van der Waals surface area contributed by atoms with Crippen LogP contribution in [0.15, 0.2) is 0 Å². The molecule has 0 saturated heterocycles. The lowest BCUT2D eigenvalue weighted by atomic mass is 9.63. The fourth-order valence-electron chi connectivity index (χ4n) is 2.60. The molecule has 0 amide bonds. The summed E-state index contributed by atoms with van der Waals surface area (Å²) in [6.07, 6.45) is 3.33. The van der Waals surface area contributed by atoms with Crippen LogP contribution in [0.5, 0.6) is 0 Å². The number of hydrogen-bond donors (Lipinski definition) is 2. The van der Waals surface area contributed by atoms with Gasteiger partial charge in [0, 0.05) is 13.2 Å². The van der Waals surface area contributed by atoms with Gasteiger partial charge >= 0.3 is 0 Å². The molecule has 0 heterocycles. The highest BCUT2D eigenvalue weighted by Gasteiger charge is 2.39. The Morgan fingerprint density at radius 3 is 2.43 bits per heavy atom. The third-order valence-corrected chi connectivity index (χ3v) is 4.18. The highest BCUT2D eigenvalue weighted by Crippen LogP contribution is 2.44. The smallest absolute Gasteiger partial charge is 0.0488 e. The molecule has 84 valence electrons. The van der Waals surface area contributed by atoms with Gasteiger partial charge in [0.25, 0.3) is 0 Å². The van der Waals surface area contributed by atoms with Crippen molar-refractivity contribution in [2.75, 3.05) is 13.2 Å². The SMILES string of the molecule is CC(C)C1CCC(C)(CO)C(CO)C1. The molecule has 0 aliphatic heterocycles. The van der Waals surface area contributed by atoms with Crippen molar-refractivity contribution >= 4 is 0 Å². The molecule has 0 bridgehead atoms. The van der Waals surface area contributed by atoms with Gasteiger partial charge in [0.1, 0.15) is 0 Å². The van der Waals surface area contributed by atoms with Crippen molar-refractivity contribution in [1.29, 1.82) is 0 Å². The molecule has 0 radical (unpaired) electrons. The average molecular weight is 200 g/mol. The van der Waals surface area contributed by atoms with Gasteiger partial charge in [0.05, 0.1) is 0 Å². The molecule has 1 rings (SSSR count). The molecule has 3 atom stereocenters. The molecule has 1 aliphatic rings. The third kappa shape index (κ3) is 2.29. The topological polar surface area (TPSA) is 40.5 Å². The molecule has 1 fully saturated rings. The molecule has 2 N–H and O–H groups in total.